The molecule has 27 heteroatoms. The number of ether oxygens (including phenoxy) is 1. The summed E-state index contributed by atoms with van der Waals surface area (Å²) in [6, 6.07) is 2.47. The zero-order valence-corrected chi connectivity index (χ0v) is 55.8. The van der Waals surface area contributed by atoms with E-state index >= 15 is 0 Å². The number of nitrogens with two attached hydrogens (primary N) is 11. The second-order valence-electron chi connectivity index (χ2n) is 26.1. The number of hydrogen-bond acceptors (Lipinski definition) is 23. The molecule has 0 aromatic carbocycles. The van der Waals surface area contributed by atoms with E-state index in [1.54, 1.807) is 7.11 Å². The number of halogens is 1. The average molecular weight is 1300 g/mol. The van der Waals surface area contributed by atoms with Gasteiger partial charge in [-0.2, -0.15) is 0 Å². The van der Waals surface area contributed by atoms with Crippen molar-refractivity contribution in [3.05, 3.63) is 0 Å². The van der Waals surface area contributed by atoms with Gasteiger partial charge in [0, 0.05) is 132 Å². The molecule has 6 aliphatic carbocycles. The van der Waals surface area contributed by atoms with Crippen LogP contribution in [0.1, 0.15) is 231 Å². The van der Waals surface area contributed by atoms with Crippen LogP contribution >= 0.6 is 0 Å². The Morgan fingerprint density at radius 2 is 0.978 bits per heavy atom. The summed E-state index contributed by atoms with van der Waals surface area (Å²) < 4.78 is 17.4. The number of aliphatic hydroxyl groups is 1. The summed E-state index contributed by atoms with van der Waals surface area (Å²) in [6.07, 6.45) is 32.5. The number of rotatable bonds is 1. The standard InChI is InChI=1S/C7H14N2O.C6H12FN.3C6H12N2O.C6H11NO.C6H13NO.C6H11NO.C5H10N2O.C5H12N2.C5H11NO/c1-10-9-7-4-2-6(8)3-5-7;7-5-2-1-3-6(8)4-5;7-5-1-3-6(8-9)4-2-5;7-5-1-2-6(9)8-4-3-5;7-5-3-1-2-4-8-6(5)9;7-5-1-3-6(8)4-2-5;2*7-5-2-1-3-6(8)4-5;6-4-1-2-5(8)7-3-4;2*6-5-2-1-3-7-4-5/h6H,2-5,8H2,1H3;5-6H,1-4,8H2;5,9H,1-4,7H2;2*5H,1-4,7H2,(H,8,9);5H,1-4,7H2;5-6,8H,1-4,7H2;5H,1-4,7H2;4H,1-3,6H2,(H,7,8);5,7H,1-4,6H2;5H,1-4,6H2. The van der Waals surface area contributed by atoms with Crippen molar-refractivity contribution in [3.63, 3.8) is 0 Å². The quantitative estimate of drug-likeness (QED) is 0.132. The molecule has 28 N–H and O–H groups in total. The van der Waals surface area contributed by atoms with Crippen LogP contribution < -0.4 is 84.3 Å². The SMILES string of the molecule is CON=C1CCC(N)CC1.NC1CCC(=NO)CC1.NC1CCC(=O)CC1.NC1CCC(=O)NC1.NC1CCCC(=O)C1.NC1CCCC(F)C1.NC1CCCC(O)C1.NC1CCCCNC1=O.NC1CCCNC1.NC1CCCOC1.NC1CCNC(=O)CC1. The van der Waals surface area contributed by atoms with Crippen molar-refractivity contribution >= 4 is 40.7 Å². The third kappa shape index (κ3) is 50.2. The van der Waals surface area contributed by atoms with Crippen molar-refractivity contribution in [2.45, 2.75) is 310 Å². The Balaban J connectivity index is 0.000000501. The Morgan fingerprint density at radius 1 is 0.451 bits per heavy atom. The average Bonchev–Trinajstić information content (AvgIpc) is 3.94. The molecule has 0 radical (unpaired) electrons. The molecule has 11 fully saturated rings. The van der Waals surface area contributed by atoms with E-state index in [2.05, 4.69) is 36.4 Å². The number of amides is 3. The van der Waals surface area contributed by atoms with Crippen LogP contribution in [-0.4, -0.2) is 183 Å². The molecule has 10 unspecified atom stereocenters. The number of piperidine rings is 2. The van der Waals surface area contributed by atoms with Gasteiger partial charge >= 0.3 is 0 Å². The zero-order chi connectivity index (χ0) is 67.6. The number of nitrogens with one attached hydrogen (secondary N) is 4. The van der Waals surface area contributed by atoms with Gasteiger partial charge in [0.2, 0.25) is 17.7 Å². The summed E-state index contributed by atoms with van der Waals surface area (Å²) in [5.74, 6) is 0.998. The second-order valence-corrected chi connectivity index (χ2v) is 26.1. The van der Waals surface area contributed by atoms with Gasteiger partial charge in [-0.05, 0) is 199 Å². The Morgan fingerprint density at radius 3 is 1.40 bits per heavy atom. The molecule has 11 aliphatic rings. The van der Waals surface area contributed by atoms with Gasteiger partial charge in [-0.25, -0.2) is 4.39 Å². The molecule has 0 aromatic rings. The van der Waals surface area contributed by atoms with Crippen molar-refractivity contribution < 1.29 is 48.3 Å². The highest BCUT2D eigenvalue weighted by molar-refractivity contribution is 5.85. The molecule has 6 saturated carbocycles. The van der Waals surface area contributed by atoms with Crippen LogP contribution in [-0.2, 0) is 33.5 Å². The van der Waals surface area contributed by atoms with Crippen LogP contribution in [0.2, 0.25) is 0 Å². The molecule has 0 aromatic heterocycles. The second kappa shape index (κ2) is 54.3. The van der Waals surface area contributed by atoms with E-state index in [-0.39, 0.29) is 60.1 Å². The van der Waals surface area contributed by atoms with Crippen molar-refractivity contribution in [1.82, 2.24) is 21.3 Å². The summed E-state index contributed by atoms with van der Waals surface area (Å²) in [7, 11) is 1.58. The maximum absolute atomic E-state index is 12.4. The molecule has 0 bridgehead atoms. The predicted molar refractivity (Wildman–Crippen MR) is 361 cm³/mol. The lowest BCUT2D eigenvalue weighted by Crippen LogP contribution is -2.42. The fourth-order valence-electron chi connectivity index (χ4n) is 11.0. The van der Waals surface area contributed by atoms with E-state index in [0.717, 1.165) is 231 Å². The smallest absolute Gasteiger partial charge is 0.236 e. The lowest BCUT2D eigenvalue weighted by atomic mass is 9.94. The fraction of sp³-hybridized carbons (Fsp3) is 0.891. The van der Waals surface area contributed by atoms with E-state index in [4.69, 9.17) is 78.1 Å². The van der Waals surface area contributed by atoms with Crippen molar-refractivity contribution in [2.75, 3.05) is 53.0 Å². The number of oxime groups is 2. The molecule has 11 rings (SSSR count). The van der Waals surface area contributed by atoms with Gasteiger partial charge in [0.05, 0.1) is 30.2 Å². The normalized spacial score (nSPS) is 30.9. The molecule has 0 spiro atoms. The maximum atomic E-state index is 12.4. The Hall–Kier alpha value is -3.94. The van der Waals surface area contributed by atoms with Crippen LogP contribution in [0.15, 0.2) is 10.3 Å². The lowest BCUT2D eigenvalue weighted by Gasteiger charge is -2.21. The minimum atomic E-state index is -0.612. The highest BCUT2D eigenvalue weighted by atomic mass is 19.1. The monoisotopic (exact) mass is 1300 g/mol. The van der Waals surface area contributed by atoms with Crippen molar-refractivity contribution in [1.29, 1.82) is 0 Å². The van der Waals surface area contributed by atoms with Gasteiger partial charge < -0.3 is 104 Å². The topological polar surface area (TPSA) is 503 Å². The van der Waals surface area contributed by atoms with Crippen molar-refractivity contribution in [3.8, 4) is 0 Å². The van der Waals surface area contributed by atoms with E-state index in [9.17, 15) is 28.4 Å². The van der Waals surface area contributed by atoms with Gasteiger partial charge in [0.25, 0.3) is 0 Å². The van der Waals surface area contributed by atoms with Crippen LogP contribution in [0.3, 0.4) is 0 Å². The number of nitrogens with zero attached hydrogens (tertiary/aromatic N) is 2. The first-order valence-electron chi connectivity index (χ1n) is 34.5. The summed E-state index contributed by atoms with van der Waals surface area (Å²) in [5, 5.41) is 35.7. The van der Waals surface area contributed by atoms with Gasteiger partial charge in [0.1, 0.15) is 24.8 Å². The van der Waals surface area contributed by atoms with E-state index in [1.165, 1.54) is 12.8 Å². The van der Waals surface area contributed by atoms with Crippen LogP contribution in [0, 0.1) is 0 Å². The van der Waals surface area contributed by atoms with Crippen molar-refractivity contribution in [2.24, 2.45) is 73.4 Å². The highest BCUT2D eigenvalue weighted by Crippen LogP contribution is 2.20. The van der Waals surface area contributed by atoms with Gasteiger partial charge in [-0.15, -0.1) is 0 Å². The molecule has 91 heavy (non-hydrogen) atoms. The van der Waals surface area contributed by atoms with Gasteiger partial charge in [-0.1, -0.05) is 10.3 Å². The minimum absolute atomic E-state index is 0.00694. The van der Waals surface area contributed by atoms with Crippen LogP contribution in [0.4, 0.5) is 4.39 Å². The third-order valence-electron chi connectivity index (χ3n) is 17.0. The first kappa shape index (κ1) is 85.1. The molecule has 532 valence electrons. The minimum Gasteiger partial charge on any atom is -0.411 e. The van der Waals surface area contributed by atoms with E-state index in [1.807, 2.05) is 0 Å². The molecule has 5 heterocycles. The van der Waals surface area contributed by atoms with Crippen LogP contribution in [0.5, 0.6) is 0 Å². The molecule has 26 nitrogen and oxygen atoms in total. The number of carbonyl (C=O) groups excluding carboxylic acids is 5. The molecule has 5 saturated heterocycles. The fourth-order valence-corrected chi connectivity index (χ4v) is 11.0. The summed E-state index contributed by atoms with van der Waals surface area (Å²) in [4.78, 5) is 57.7. The highest BCUT2D eigenvalue weighted by Gasteiger charge is 2.21. The van der Waals surface area contributed by atoms with Gasteiger partial charge in [0.15, 0.2) is 0 Å². The molecule has 10 atom stereocenters. The molecule has 3 amide bonds. The van der Waals surface area contributed by atoms with Gasteiger partial charge in [-0.3, -0.25) is 24.0 Å². The Kier molecular flexibility index (Phi) is 50.8. The number of Topliss-reactive ketones (excluding diaryl/α,β-unsaturated/α-hetero) is 2. The number of hydrogen-bond donors (Lipinski definition) is 17. The van der Waals surface area contributed by atoms with E-state index in [0.29, 0.717) is 86.8 Å². The number of aliphatic hydroxyl groups excluding tert-OH is 1. The van der Waals surface area contributed by atoms with E-state index < -0.39 is 6.17 Å². The Bertz CT molecular complexity index is 1840. The summed E-state index contributed by atoms with van der Waals surface area (Å²) in [6.45, 7) is 6.05. The number of ketones is 2. The predicted octanol–water partition coefficient (Wildman–Crippen LogP) is 2.27. The van der Waals surface area contributed by atoms with Crippen LogP contribution in [0.25, 0.3) is 0 Å². The third-order valence-corrected chi connectivity index (χ3v) is 17.0. The summed E-state index contributed by atoms with van der Waals surface area (Å²) >= 11 is 0. The largest absolute Gasteiger partial charge is 0.411 e. The number of carbonyl (C=O) groups is 5. The number of alkyl halides is 1. The maximum Gasteiger partial charge on any atom is 0.236 e. The zero-order valence-electron chi connectivity index (χ0n) is 55.8. The first-order valence-corrected chi connectivity index (χ1v) is 34.5. The Labute approximate surface area is 544 Å². The lowest BCUT2D eigenvalue weighted by molar-refractivity contribution is -0.123. The first-order chi connectivity index (χ1) is 43.5. The molecular weight excluding hydrogens is 1170 g/mol. The molecule has 5 aliphatic heterocycles. The molecular formula is C64H130FN17O9. The summed E-state index contributed by atoms with van der Waals surface area (Å²) in [5.41, 5.74) is 63.1.